The Morgan fingerprint density at radius 2 is 2.46 bits per heavy atom. The average molecular weight is 201 g/mol. The fraction of sp³-hybridized carbons (Fsp3) is 0.667. The van der Waals surface area contributed by atoms with Crippen LogP contribution in [0.2, 0.25) is 0 Å². The Labute approximate surface area is 79.9 Å². The van der Waals surface area contributed by atoms with Gasteiger partial charge in [0.2, 0.25) is 11.1 Å². The molecule has 6 nitrogen and oxygen atoms in total. The van der Waals surface area contributed by atoms with Crippen LogP contribution in [0.3, 0.4) is 0 Å². The van der Waals surface area contributed by atoms with E-state index >= 15 is 0 Å². The molecule has 0 radical (unpaired) electrons. The highest BCUT2D eigenvalue weighted by atomic mass is 32.2. The predicted octanol–water partition coefficient (Wildman–Crippen LogP) is -0.341. The number of nitrogens with zero attached hydrogens (tertiary/aromatic N) is 4. The number of tetrazole rings is 1. The largest absolute Gasteiger partial charge is 0.369 e. The Hall–Kier alpha value is -1.11. The van der Waals surface area contributed by atoms with E-state index in [9.17, 15) is 4.79 Å². The summed E-state index contributed by atoms with van der Waals surface area (Å²) in [5.41, 5.74) is 5.11. The summed E-state index contributed by atoms with van der Waals surface area (Å²) in [6, 6.07) is 0. The Morgan fingerprint density at radius 3 is 3.00 bits per heavy atom. The van der Waals surface area contributed by atoms with E-state index in [1.54, 1.807) is 11.6 Å². The molecule has 2 N–H and O–H groups in total. The summed E-state index contributed by atoms with van der Waals surface area (Å²) in [6.45, 7) is 4.33. The molecule has 0 fully saturated rings. The molecule has 0 saturated heterocycles. The predicted molar refractivity (Wildman–Crippen MR) is 48.0 cm³/mol. The van der Waals surface area contributed by atoms with Gasteiger partial charge in [0.05, 0.1) is 5.25 Å². The summed E-state index contributed by atoms with van der Waals surface area (Å²) in [5.74, 6) is -0.365. The van der Waals surface area contributed by atoms with Crippen molar-refractivity contribution in [2.75, 3.05) is 0 Å². The topological polar surface area (TPSA) is 86.7 Å². The molecule has 0 spiro atoms. The molecular weight excluding hydrogens is 190 g/mol. The van der Waals surface area contributed by atoms with Gasteiger partial charge in [-0.05, 0) is 24.3 Å². The van der Waals surface area contributed by atoms with Crippen LogP contribution in [-0.2, 0) is 11.3 Å². The first-order chi connectivity index (χ1) is 6.15. The maximum Gasteiger partial charge on any atom is 0.230 e. The molecule has 0 aromatic carbocycles. The highest BCUT2D eigenvalue weighted by Gasteiger charge is 2.14. The van der Waals surface area contributed by atoms with Gasteiger partial charge in [0.1, 0.15) is 0 Å². The molecule has 72 valence electrons. The zero-order valence-corrected chi connectivity index (χ0v) is 8.28. The third-order valence-corrected chi connectivity index (χ3v) is 2.57. The first-order valence-corrected chi connectivity index (χ1v) is 4.75. The van der Waals surface area contributed by atoms with Gasteiger partial charge in [0.15, 0.2) is 0 Å². The molecule has 0 aliphatic rings. The van der Waals surface area contributed by atoms with Crippen molar-refractivity contribution in [1.82, 2.24) is 20.2 Å². The zero-order valence-electron chi connectivity index (χ0n) is 7.47. The summed E-state index contributed by atoms with van der Waals surface area (Å²) in [5, 5.41) is 11.3. The van der Waals surface area contributed by atoms with Crippen molar-refractivity contribution in [2.24, 2.45) is 5.73 Å². The monoisotopic (exact) mass is 201 g/mol. The summed E-state index contributed by atoms with van der Waals surface area (Å²) < 4.78 is 1.62. The Balaban J connectivity index is 2.68. The van der Waals surface area contributed by atoms with Crippen molar-refractivity contribution in [3.8, 4) is 0 Å². The lowest BCUT2D eigenvalue weighted by atomic mass is 10.5. The third kappa shape index (κ3) is 2.41. The lowest BCUT2D eigenvalue weighted by Gasteiger charge is -2.04. The number of nitrogens with two attached hydrogens (primary N) is 1. The minimum absolute atomic E-state index is 0.309. The summed E-state index contributed by atoms with van der Waals surface area (Å²) in [6.07, 6.45) is 0. The number of primary amides is 1. The fourth-order valence-corrected chi connectivity index (χ4v) is 1.50. The van der Waals surface area contributed by atoms with Crippen molar-refractivity contribution in [2.45, 2.75) is 30.8 Å². The number of aryl methyl sites for hydroxylation is 1. The molecule has 1 aromatic heterocycles. The molecule has 0 unspecified atom stereocenters. The van der Waals surface area contributed by atoms with Crippen LogP contribution in [0, 0.1) is 0 Å². The van der Waals surface area contributed by atoms with Crippen molar-refractivity contribution in [3.05, 3.63) is 0 Å². The minimum Gasteiger partial charge on any atom is -0.369 e. The zero-order chi connectivity index (χ0) is 9.84. The normalized spacial score (nSPS) is 12.8. The van der Waals surface area contributed by atoms with Crippen LogP contribution >= 0.6 is 11.8 Å². The average Bonchev–Trinajstić information content (AvgIpc) is 2.51. The number of amides is 1. The van der Waals surface area contributed by atoms with E-state index in [-0.39, 0.29) is 11.2 Å². The molecule has 1 atom stereocenters. The van der Waals surface area contributed by atoms with Gasteiger partial charge < -0.3 is 5.73 Å². The quantitative estimate of drug-likeness (QED) is 0.673. The van der Waals surface area contributed by atoms with Crippen LogP contribution in [0.1, 0.15) is 13.8 Å². The molecule has 7 heteroatoms. The van der Waals surface area contributed by atoms with E-state index in [1.165, 1.54) is 11.8 Å². The summed E-state index contributed by atoms with van der Waals surface area (Å²) >= 11 is 1.26. The minimum atomic E-state index is -0.365. The Bertz CT molecular complexity index is 299. The van der Waals surface area contributed by atoms with Gasteiger partial charge in [-0.3, -0.25) is 4.79 Å². The van der Waals surface area contributed by atoms with Crippen LogP contribution in [0.5, 0.6) is 0 Å². The van der Waals surface area contributed by atoms with E-state index in [0.717, 1.165) is 0 Å². The van der Waals surface area contributed by atoms with Crippen LogP contribution in [-0.4, -0.2) is 31.4 Å². The number of carbonyl (C=O) groups excluding carboxylic acids is 1. The maximum absolute atomic E-state index is 10.7. The molecule has 1 heterocycles. The molecule has 0 saturated carbocycles. The number of aromatic nitrogens is 4. The van der Waals surface area contributed by atoms with E-state index in [0.29, 0.717) is 11.7 Å². The molecule has 0 aliphatic heterocycles. The molecule has 1 amide bonds. The second-order valence-corrected chi connectivity index (χ2v) is 3.75. The maximum atomic E-state index is 10.7. The van der Waals surface area contributed by atoms with E-state index in [4.69, 9.17) is 5.73 Å². The van der Waals surface area contributed by atoms with E-state index < -0.39 is 0 Å². The molecule has 1 rings (SSSR count). The number of hydrogen-bond acceptors (Lipinski definition) is 5. The first kappa shape index (κ1) is 9.97. The lowest BCUT2D eigenvalue weighted by Crippen LogP contribution is -2.23. The second-order valence-electron chi connectivity index (χ2n) is 2.44. The molecule has 1 aromatic rings. The smallest absolute Gasteiger partial charge is 0.230 e. The number of hydrogen-bond donors (Lipinski definition) is 1. The van der Waals surface area contributed by atoms with E-state index in [1.807, 2.05) is 6.92 Å². The van der Waals surface area contributed by atoms with Crippen molar-refractivity contribution in [3.63, 3.8) is 0 Å². The van der Waals surface area contributed by atoms with Crippen molar-refractivity contribution < 1.29 is 4.79 Å². The van der Waals surface area contributed by atoms with Gasteiger partial charge in [-0.2, -0.15) is 0 Å². The molecule has 13 heavy (non-hydrogen) atoms. The van der Waals surface area contributed by atoms with E-state index in [2.05, 4.69) is 15.5 Å². The van der Waals surface area contributed by atoms with Gasteiger partial charge in [0, 0.05) is 6.54 Å². The highest BCUT2D eigenvalue weighted by molar-refractivity contribution is 8.00. The molecular formula is C6H11N5OS. The SMILES string of the molecule is CCn1nnnc1S[C@H](C)C(N)=O. The summed E-state index contributed by atoms with van der Waals surface area (Å²) in [7, 11) is 0. The molecule has 0 bridgehead atoms. The number of rotatable bonds is 4. The van der Waals surface area contributed by atoms with Gasteiger partial charge in [-0.25, -0.2) is 4.68 Å². The standard InChI is InChI=1S/C6H11N5OS/c1-3-11-6(8-9-10-11)13-4(2)5(7)12/h4H,3H2,1-2H3,(H2,7,12)/t4-/m1/s1. The highest BCUT2D eigenvalue weighted by Crippen LogP contribution is 2.19. The Kier molecular flexibility index (Phi) is 3.24. The third-order valence-electron chi connectivity index (χ3n) is 1.48. The van der Waals surface area contributed by atoms with Crippen LogP contribution in [0.15, 0.2) is 5.16 Å². The number of thioether (sulfide) groups is 1. The van der Waals surface area contributed by atoms with Gasteiger partial charge in [-0.15, -0.1) is 5.10 Å². The first-order valence-electron chi connectivity index (χ1n) is 3.87. The van der Waals surface area contributed by atoms with Gasteiger partial charge >= 0.3 is 0 Å². The van der Waals surface area contributed by atoms with Crippen LogP contribution < -0.4 is 5.73 Å². The van der Waals surface area contributed by atoms with Crippen molar-refractivity contribution in [1.29, 1.82) is 0 Å². The van der Waals surface area contributed by atoms with Crippen LogP contribution in [0.25, 0.3) is 0 Å². The lowest BCUT2D eigenvalue weighted by molar-refractivity contribution is -0.117. The van der Waals surface area contributed by atoms with Gasteiger partial charge in [-0.1, -0.05) is 11.8 Å². The summed E-state index contributed by atoms with van der Waals surface area (Å²) in [4.78, 5) is 10.7. The van der Waals surface area contributed by atoms with Gasteiger partial charge in [0.25, 0.3) is 0 Å². The van der Waals surface area contributed by atoms with Crippen molar-refractivity contribution >= 4 is 17.7 Å². The molecule has 0 aliphatic carbocycles. The van der Waals surface area contributed by atoms with Crippen LogP contribution in [0.4, 0.5) is 0 Å². The second kappa shape index (κ2) is 4.22. The number of carbonyl (C=O) groups is 1. The Morgan fingerprint density at radius 1 is 1.77 bits per heavy atom. The fourth-order valence-electron chi connectivity index (χ4n) is 0.696.